The van der Waals surface area contributed by atoms with Crippen molar-refractivity contribution in [3.63, 3.8) is 0 Å². The van der Waals surface area contributed by atoms with Crippen molar-refractivity contribution in [3.05, 3.63) is 78.0 Å². The van der Waals surface area contributed by atoms with Crippen LogP contribution in [0.25, 0.3) is 11.1 Å². The number of likely N-dealkylation sites (N-methyl/N-ethyl adjacent to an activating group) is 1. The average molecular weight is 493 g/mol. The third kappa shape index (κ3) is 5.36. The summed E-state index contributed by atoms with van der Waals surface area (Å²) in [5, 5.41) is 9.84. The van der Waals surface area contributed by atoms with Crippen LogP contribution in [0, 0.1) is 11.7 Å². The third-order valence-corrected chi connectivity index (χ3v) is 6.43. The van der Waals surface area contributed by atoms with Crippen molar-refractivity contribution in [1.82, 2.24) is 19.8 Å². The minimum absolute atomic E-state index is 0.173. The van der Waals surface area contributed by atoms with Gasteiger partial charge in [0.1, 0.15) is 17.5 Å². The number of hydrogen-bond acceptors (Lipinski definition) is 6. The van der Waals surface area contributed by atoms with Crippen LogP contribution in [0.15, 0.2) is 61.1 Å². The maximum absolute atomic E-state index is 13.6. The minimum atomic E-state index is -0.487. The van der Waals surface area contributed by atoms with E-state index in [2.05, 4.69) is 9.97 Å². The molecule has 1 aliphatic heterocycles. The number of pyridine rings is 2. The maximum Gasteiger partial charge on any atom is 0.259 e. The van der Waals surface area contributed by atoms with Gasteiger partial charge in [-0.25, -0.2) is 9.37 Å². The number of halogens is 1. The third-order valence-electron chi connectivity index (χ3n) is 6.43. The monoisotopic (exact) mass is 492 g/mol. The smallest absolute Gasteiger partial charge is 0.259 e. The molecule has 8 nitrogen and oxygen atoms in total. The van der Waals surface area contributed by atoms with Crippen molar-refractivity contribution in [2.45, 2.75) is 26.0 Å². The topological polar surface area (TPSA) is 95.9 Å². The number of aliphatic hydroxyl groups is 1. The highest BCUT2D eigenvalue weighted by Gasteiger charge is 2.35. The molecule has 0 fully saturated rings. The van der Waals surface area contributed by atoms with E-state index in [0.717, 1.165) is 11.1 Å². The van der Waals surface area contributed by atoms with Crippen molar-refractivity contribution >= 4 is 11.8 Å². The largest absolute Gasteiger partial charge is 0.472 e. The summed E-state index contributed by atoms with van der Waals surface area (Å²) in [5.41, 5.74) is 2.24. The molecule has 188 valence electrons. The number of carbonyl (C=O) groups is 2. The fourth-order valence-electron chi connectivity index (χ4n) is 4.19. The Morgan fingerprint density at radius 1 is 1.22 bits per heavy atom. The lowest BCUT2D eigenvalue weighted by molar-refractivity contribution is 0.0313. The number of amides is 2. The zero-order chi connectivity index (χ0) is 25.8. The van der Waals surface area contributed by atoms with E-state index in [1.54, 1.807) is 43.5 Å². The molecule has 0 aliphatic carbocycles. The van der Waals surface area contributed by atoms with Crippen LogP contribution in [-0.4, -0.2) is 75.6 Å². The highest BCUT2D eigenvalue weighted by molar-refractivity contribution is 5.98. The number of aliphatic hydroxyl groups excluding tert-OH is 1. The van der Waals surface area contributed by atoms with Crippen molar-refractivity contribution in [3.8, 4) is 17.0 Å². The van der Waals surface area contributed by atoms with Crippen LogP contribution in [0.3, 0.4) is 0 Å². The van der Waals surface area contributed by atoms with Crippen LogP contribution in [0.4, 0.5) is 4.39 Å². The van der Waals surface area contributed by atoms with Crippen LogP contribution in [0.1, 0.15) is 34.6 Å². The average Bonchev–Trinajstić information content (AvgIpc) is 2.90. The number of carbonyl (C=O) groups excluding carboxylic acids is 2. The Labute approximate surface area is 209 Å². The molecule has 0 radical (unpaired) electrons. The Balaban J connectivity index is 1.66. The molecule has 1 aromatic carbocycles. The van der Waals surface area contributed by atoms with Gasteiger partial charge in [0.2, 0.25) is 5.88 Å². The fourth-order valence-corrected chi connectivity index (χ4v) is 4.19. The first-order chi connectivity index (χ1) is 17.3. The molecule has 1 aliphatic rings. The zero-order valence-electron chi connectivity index (χ0n) is 20.5. The SMILES string of the molecule is C[C@@H]1CN([C@@H](C)CO)C(=O)c2cc(-c3ccncc3)cnc2O[C@H]1CN(C)C(=O)c1ccc(F)cc1. The van der Waals surface area contributed by atoms with Gasteiger partial charge in [-0.1, -0.05) is 6.92 Å². The van der Waals surface area contributed by atoms with E-state index in [4.69, 9.17) is 4.74 Å². The van der Waals surface area contributed by atoms with Crippen LogP contribution in [0.5, 0.6) is 5.88 Å². The lowest BCUT2D eigenvalue weighted by Gasteiger charge is -2.37. The van der Waals surface area contributed by atoms with Gasteiger partial charge in [-0.3, -0.25) is 14.6 Å². The van der Waals surface area contributed by atoms with E-state index >= 15 is 0 Å². The number of hydrogen-bond donors (Lipinski definition) is 1. The van der Waals surface area contributed by atoms with E-state index in [0.29, 0.717) is 12.1 Å². The summed E-state index contributed by atoms with van der Waals surface area (Å²) in [6, 6.07) is 10.3. The predicted octanol–water partition coefficient (Wildman–Crippen LogP) is 3.28. The Morgan fingerprint density at radius 2 is 1.92 bits per heavy atom. The van der Waals surface area contributed by atoms with Crippen molar-refractivity contribution in [1.29, 1.82) is 0 Å². The van der Waals surface area contributed by atoms with Gasteiger partial charge in [0.05, 0.1) is 19.2 Å². The Morgan fingerprint density at radius 3 is 2.58 bits per heavy atom. The Kier molecular flexibility index (Phi) is 7.59. The number of rotatable bonds is 6. The molecule has 1 N–H and O–H groups in total. The van der Waals surface area contributed by atoms with Gasteiger partial charge in [-0.05, 0) is 55.0 Å². The second kappa shape index (κ2) is 10.8. The summed E-state index contributed by atoms with van der Waals surface area (Å²) in [6.07, 6.45) is 4.48. The first-order valence-electron chi connectivity index (χ1n) is 11.8. The molecule has 3 heterocycles. The van der Waals surface area contributed by atoms with E-state index in [1.165, 1.54) is 29.2 Å². The normalized spacial score (nSPS) is 18.5. The molecule has 0 bridgehead atoms. The van der Waals surface area contributed by atoms with Crippen molar-refractivity contribution < 1.29 is 23.8 Å². The number of benzene rings is 1. The van der Waals surface area contributed by atoms with Gasteiger partial charge < -0.3 is 19.6 Å². The van der Waals surface area contributed by atoms with Gasteiger partial charge in [0.25, 0.3) is 11.8 Å². The summed E-state index contributed by atoms with van der Waals surface area (Å²) in [4.78, 5) is 38.1. The van der Waals surface area contributed by atoms with E-state index in [1.807, 2.05) is 19.1 Å². The zero-order valence-corrected chi connectivity index (χ0v) is 20.5. The summed E-state index contributed by atoms with van der Waals surface area (Å²) in [6.45, 7) is 4.07. The lowest BCUT2D eigenvalue weighted by Crippen LogP contribution is -2.50. The molecule has 0 saturated heterocycles. The van der Waals surface area contributed by atoms with Crippen LogP contribution < -0.4 is 4.74 Å². The number of fused-ring (bicyclic) bond motifs is 1. The maximum atomic E-state index is 13.6. The molecule has 36 heavy (non-hydrogen) atoms. The Hall–Kier alpha value is -3.85. The standard InChI is InChI=1S/C27H29FN4O4/c1-17-14-32(18(2)16-33)27(35)23-12-21(19-8-10-29-11-9-19)13-30-25(23)36-24(17)15-31(3)26(34)20-4-6-22(28)7-5-20/h4-13,17-18,24,33H,14-16H2,1-3H3/t17-,18+,24+/m1/s1. The molecule has 9 heteroatoms. The van der Waals surface area contributed by atoms with Crippen molar-refractivity contribution in [2.75, 3.05) is 26.7 Å². The van der Waals surface area contributed by atoms with Gasteiger partial charge in [-0.15, -0.1) is 0 Å². The van der Waals surface area contributed by atoms with Gasteiger partial charge >= 0.3 is 0 Å². The lowest BCUT2D eigenvalue weighted by atomic mass is 9.99. The van der Waals surface area contributed by atoms with E-state index in [9.17, 15) is 19.1 Å². The second-order valence-electron chi connectivity index (χ2n) is 9.13. The summed E-state index contributed by atoms with van der Waals surface area (Å²) >= 11 is 0. The van der Waals surface area contributed by atoms with Crippen molar-refractivity contribution in [2.24, 2.45) is 5.92 Å². The first-order valence-corrected chi connectivity index (χ1v) is 11.8. The fraction of sp³-hybridized carbons (Fsp3) is 0.333. The molecular formula is C27H29FN4O4. The van der Waals surface area contributed by atoms with Gasteiger partial charge in [0.15, 0.2) is 0 Å². The number of aromatic nitrogens is 2. The van der Waals surface area contributed by atoms with Gasteiger partial charge in [0, 0.05) is 49.2 Å². The van der Waals surface area contributed by atoms with Gasteiger partial charge in [-0.2, -0.15) is 0 Å². The second-order valence-corrected chi connectivity index (χ2v) is 9.13. The minimum Gasteiger partial charge on any atom is -0.472 e. The summed E-state index contributed by atoms with van der Waals surface area (Å²) in [5.74, 6) is -0.974. The number of ether oxygens (including phenoxy) is 1. The molecule has 2 aromatic heterocycles. The highest BCUT2D eigenvalue weighted by Crippen LogP contribution is 2.30. The van der Waals surface area contributed by atoms with Crippen LogP contribution in [-0.2, 0) is 0 Å². The highest BCUT2D eigenvalue weighted by atomic mass is 19.1. The van der Waals surface area contributed by atoms with E-state index in [-0.39, 0.29) is 42.3 Å². The predicted molar refractivity (Wildman–Crippen MR) is 132 cm³/mol. The number of nitrogens with zero attached hydrogens (tertiary/aromatic N) is 4. The Bertz CT molecular complexity index is 1220. The molecule has 3 atom stereocenters. The molecule has 0 saturated carbocycles. The molecule has 3 aromatic rings. The molecular weight excluding hydrogens is 463 g/mol. The quantitative estimate of drug-likeness (QED) is 0.568. The summed E-state index contributed by atoms with van der Waals surface area (Å²) < 4.78 is 19.6. The molecule has 2 amide bonds. The van der Waals surface area contributed by atoms with Crippen LogP contribution >= 0.6 is 0 Å². The molecule has 0 unspecified atom stereocenters. The summed E-state index contributed by atoms with van der Waals surface area (Å²) in [7, 11) is 1.65. The molecule has 0 spiro atoms. The van der Waals surface area contributed by atoms with Crippen LogP contribution in [0.2, 0.25) is 0 Å². The molecule has 4 rings (SSSR count). The first kappa shape index (κ1) is 25.2. The van der Waals surface area contributed by atoms with E-state index < -0.39 is 18.0 Å².